The highest BCUT2D eigenvalue weighted by atomic mass is 35.5. The molecule has 0 aliphatic rings. The van der Waals surface area contributed by atoms with E-state index in [4.69, 9.17) is 16.3 Å². The van der Waals surface area contributed by atoms with Crippen molar-refractivity contribution in [3.63, 3.8) is 0 Å². The molecule has 0 bridgehead atoms. The molecule has 0 fully saturated rings. The van der Waals surface area contributed by atoms with Gasteiger partial charge >= 0.3 is 0 Å². The van der Waals surface area contributed by atoms with Gasteiger partial charge in [-0.3, -0.25) is 0 Å². The van der Waals surface area contributed by atoms with Gasteiger partial charge in [-0.25, -0.2) is 4.79 Å². The molecule has 0 atom stereocenters. The quantitative estimate of drug-likeness (QED) is 0.521. The summed E-state index contributed by atoms with van der Waals surface area (Å²) in [5.41, 5.74) is 0.389. The molecular formula is C8H6ClNO2. The first kappa shape index (κ1) is 8.78. The van der Waals surface area contributed by atoms with Crippen LogP contribution >= 0.6 is 11.6 Å². The summed E-state index contributed by atoms with van der Waals surface area (Å²) in [6.45, 7) is 0. The first-order valence-corrected chi connectivity index (χ1v) is 3.57. The molecule has 3 nitrogen and oxygen atoms in total. The Balaban J connectivity index is 3.26. The van der Waals surface area contributed by atoms with Crippen molar-refractivity contribution in [2.75, 3.05) is 7.11 Å². The molecule has 4 heteroatoms. The van der Waals surface area contributed by atoms with Crippen LogP contribution in [0.15, 0.2) is 23.2 Å². The van der Waals surface area contributed by atoms with E-state index >= 15 is 0 Å². The third-order valence-corrected chi connectivity index (χ3v) is 1.61. The third kappa shape index (κ3) is 1.64. The predicted octanol–water partition coefficient (Wildman–Crippen LogP) is 2.32. The molecule has 62 valence electrons. The number of hydrogen-bond acceptors (Lipinski definition) is 3. The topological polar surface area (TPSA) is 38.7 Å². The number of hydrogen-bond donors (Lipinski definition) is 0. The van der Waals surface area contributed by atoms with Gasteiger partial charge in [-0.05, 0) is 12.1 Å². The summed E-state index contributed by atoms with van der Waals surface area (Å²) in [4.78, 5) is 13.4. The molecule has 0 unspecified atom stereocenters. The van der Waals surface area contributed by atoms with Crippen LogP contribution in [0.2, 0.25) is 5.02 Å². The van der Waals surface area contributed by atoms with E-state index in [1.165, 1.54) is 13.2 Å². The monoisotopic (exact) mass is 183 g/mol. The molecule has 0 amide bonds. The van der Waals surface area contributed by atoms with Crippen LogP contribution in [0.5, 0.6) is 5.75 Å². The molecule has 1 aromatic carbocycles. The molecule has 0 aliphatic heterocycles. The van der Waals surface area contributed by atoms with Crippen molar-refractivity contribution in [1.29, 1.82) is 0 Å². The van der Waals surface area contributed by atoms with E-state index in [9.17, 15) is 4.79 Å². The van der Waals surface area contributed by atoms with Crippen molar-refractivity contribution in [2.45, 2.75) is 0 Å². The summed E-state index contributed by atoms with van der Waals surface area (Å²) in [6, 6.07) is 4.96. The lowest BCUT2D eigenvalue weighted by Gasteiger charge is -2.03. The fraction of sp³-hybridized carbons (Fsp3) is 0.125. The molecule has 1 rings (SSSR count). The van der Waals surface area contributed by atoms with Crippen LogP contribution in [0.25, 0.3) is 0 Å². The highest BCUT2D eigenvalue weighted by Gasteiger charge is 2.04. The molecule has 0 aliphatic carbocycles. The second-order valence-electron chi connectivity index (χ2n) is 2.00. The van der Waals surface area contributed by atoms with Crippen LogP contribution < -0.4 is 4.74 Å². The number of benzene rings is 1. The van der Waals surface area contributed by atoms with Gasteiger partial charge in [-0.1, -0.05) is 17.7 Å². The van der Waals surface area contributed by atoms with Crippen LogP contribution in [0.4, 0.5) is 5.69 Å². The highest BCUT2D eigenvalue weighted by molar-refractivity contribution is 6.32. The average Bonchev–Trinajstić information content (AvgIpc) is 2.05. The molecule has 0 heterocycles. The maximum Gasteiger partial charge on any atom is 0.240 e. The highest BCUT2D eigenvalue weighted by Crippen LogP contribution is 2.33. The molecule has 0 spiro atoms. The first-order valence-electron chi connectivity index (χ1n) is 3.20. The van der Waals surface area contributed by atoms with E-state index in [0.29, 0.717) is 16.5 Å². The number of rotatable bonds is 2. The standard InChI is InChI=1S/C8H6ClNO2/c1-12-8-6(9)3-2-4-7(8)10-5-11/h2-4H,1H3. The number of methoxy groups -OCH3 is 1. The number of isocyanates is 1. The van der Waals surface area contributed by atoms with Gasteiger partial charge < -0.3 is 4.74 Å². The molecule has 0 saturated carbocycles. The summed E-state index contributed by atoms with van der Waals surface area (Å²) in [6.07, 6.45) is 1.42. The number of ether oxygens (including phenoxy) is 1. The average molecular weight is 184 g/mol. The normalized spacial score (nSPS) is 8.83. The maximum absolute atomic E-state index is 9.96. The van der Waals surface area contributed by atoms with E-state index in [1.807, 2.05) is 0 Å². The Hall–Kier alpha value is -1.31. The minimum Gasteiger partial charge on any atom is -0.493 e. The lowest BCUT2D eigenvalue weighted by molar-refractivity contribution is 0.416. The predicted molar refractivity (Wildman–Crippen MR) is 45.8 cm³/mol. The zero-order valence-electron chi connectivity index (χ0n) is 6.37. The second kappa shape index (κ2) is 3.90. The van der Waals surface area contributed by atoms with Gasteiger partial charge in [0.25, 0.3) is 0 Å². The zero-order valence-corrected chi connectivity index (χ0v) is 7.13. The largest absolute Gasteiger partial charge is 0.493 e. The van der Waals surface area contributed by atoms with Crippen LogP contribution in [0, 0.1) is 0 Å². The van der Waals surface area contributed by atoms with Crippen molar-refractivity contribution in [3.05, 3.63) is 23.2 Å². The van der Waals surface area contributed by atoms with Crippen molar-refractivity contribution in [3.8, 4) is 5.75 Å². The zero-order chi connectivity index (χ0) is 8.97. The summed E-state index contributed by atoms with van der Waals surface area (Å²) >= 11 is 5.75. The lowest BCUT2D eigenvalue weighted by atomic mass is 10.3. The number of nitrogens with zero attached hydrogens (tertiary/aromatic N) is 1. The Morgan fingerprint density at radius 2 is 2.33 bits per heavy atom. The number of aliphatic imine (C=N–C) groups is 1. The Labute approximate surface area is 74.6 Å². The van der Waals surface area contributed by atoms with Gasteiger partial charge in [0.15, 0.2) is 5.75 Å². The summed E-state index contributed by atoms with van der Waals surface area (Å²) in [7, 11) is 1.46. The molecular weight excluding hydrogens is 178 g/mol. The van der Waals surface area contributed by atoms with Crippen molar-refractivity contribution < 1.29 is 9.53 Å². The van der Waals surface area contributed by atoms with Crippen LogP contribution in [-0.2, 0) is 4.79 Å². The second-order valence-corrected chi connectivity index (χ2v) is 2.40. The Morgan fingerprint density at radius 1 is 1.58 bits per heavy atom. The minimum absolute atomic E-state index is 0.389. The van der Waals surface area contributed by atoms with Crippen LogP contribution in [-0.4, -0.2) is 13.2 Å². The Morgan fingerprint density at radius 3 is 2.92 bits per heavy atom. The fourth-order valence-corrected chi connectivity index (χ4v) is 1.08. The van der Waals surface area contributed by atoms with E-state index in [-0.39, 0.29) is 0 Å². The number of para-hydroxylation sites is 1. The molecule has 0 radical (unpaired) electrons. The molecule has 0 N–H and O–H groups in total. The van der Waals surface area contributed by atoms with Crippen molar-refractivity contribution >= 4 is 23.4 Å². The van der Waals surface area contributed by atoms with E-state index in [1.54, 1.807) is 18.2 Å². The molecule has 0 saturated heterocycles. The molecule has 12 heavy (non-hydrogen) atoms. The summed E-state index contributed by atoms with van der Waals surface area (Å²) < 4.78 is 4.92. The van der Waals surface area contributed by atoms with Crippen LogP contribution in [0.1, 0.15) is 0 Å². The van der Waals surface area contributed by atoms with Gasteiger partial charge in [-0.2, -0.15) is 4.99 Å². The van der Waals surface area contributed by atoms with E-state index in [0.717, 1.165) is 0 Å². The van der Waals surface area contributed by atoms with E-state index < -0.39 is 0 Å². The van der Waals surface area contributed by atoms with Crippen LogP contribution in [0.3, 0.4) is 0 Å². The summed E-state index contributed by atoms with van der Waals surface area (Å²) in [5, 5.41) is 0.425. The lowest BCUT2D eigenvalue weighted by Crippen LogP contribution is -1.83. The van der Waals surface area contributed by atoms with Crippen molar-refractivity contribution in [1.82, 2.24) is 0 Å². The minimum atomic E-state index is 0.389. The van der Waals surface area contributed by atoms with Gasteiger partial charge in [0.1, 0.15) is 5.69 Å². The van der Waals surface area contributed by atoms with Gasteiger partial charge in [0.2, 0.25) is 6.08 Å². The fourth-order valence-electron chi connectivity index (χ4n) is 0.837. The van der Waals surface area contributed by atoms with Gasteiger partial charge in [0.05, 0.1) is 12.1 Å². The molecule has 0 aromatic heterocycles. The Bertz CT molecular complexity index is 332. The maximum atomic E-state index is 9.96. The smallest absolute Gasteiger partial charge is 0.240 e. The third-order valence-electron chi connectivity index (χ3n) is 1.32. The first-order chi connectivity index (χ1) is 5.79. The number of carbonyl (C=O) groups excluding carboxylic acids is 1. The van der Waals surface area contributed by atoms with Gasteiger partial charge in [-0.15, -0.1) is 0 Å². The van der Waals surface area contributed by atoms with Gasteiger partial charge in [0, 0.05) is 0 Å². The molecule has 1 aromatic rings. The SMILES string of the molecule is COc1c(Cl)cccc1N=C=O. The summed E-state index contributed by atoms with van der Waals surface area (Å²) in [5.74, 6) is 0.391. The Kier molecular flexibility index (Phi) is 2.86. The number of halogens is 1. The van der Waals surface area contributed by atoms with E-state index in [2.05, 4.69) is 4.99 Å². The van der Waals surface area contributed by atoms with Crippen molar-refractivity contribution in [2.24, 2.45) is 4.99 Å².